The van der Waals surface area contributed by atoms with Crippen LogP contribution < -0.4 is 10.1 Å². The molecule has 7 heteroatoms. The van der Waals surface area contributed by atoms with Crippen LogP contribution in [0.5, 0.6) is 5.75 Å². The average Bonchev–Trinajstić information content (AvgIpc) is 3.04. The molecule has 2 aromatic carbocycles. The highest BCUT2D eigenvalue weighted by atomic mass is 19.3. The molecule has 5 nitrogen and oxygen atoms in total. The molecule has 3 rings (SSSR count). The van der Waals surface area contributed by atoms with Gasteiger partial charge in [-0.25, -0.2) is 8.78 Å². The minimum Gasteiger partial charge on any atom is -0.489 e. The van der Waals surface area contributed by atoms with Gasteiger partial charge in [0.15, 0.2) is 0 Å². The minimum absolute atomic E-state index is 0.150. The minimum atomic E-state index is -2.83. The Morgan fingerprint density at radius 2 is 1.96 bits per heavy atom. The van der Waals surface area contributed by atoms with Gasteiger partial charge in [-0.3, -0.25) is 9.48 Å². The van der Waals surface area contributed by atoms with Crippen molar-refractivity contribution in [2.45, 2.75) is 26.9 Å². The number of carbonyl (C=O) groups is 1. The number of aromatic nitrogens is 2. The van der Waals surface area contributed by atoms with Crippen molar-refractivity contribution in [3.63, 3.8) is 0 Å². The fourth-order valence-electron chi connectivity index (χ4n) is 2.92. The molecular weight excluding hydrogens is 364 g/mol. The van der Waals surface area contributed by atoms with E-state index in [9.17, 15) is 13.6 Å². The van der Waals surface area contributed by atoms with Gasteiger partial charge in [-0.1, -0.05) is 35.9 Å². The quantitative estimate of drug-likeness (QED) is 0.663. The van der Waals surface area contributed by atoms with Crippen molar-refractivity contribution in [2.75, 3.05) is 5.32 Å². The highest BCUT2D eigenvalue weighted by Crippen LogP contribution is 2.25. The number of para-hydroxylation sites is 1. The Kier molecular flexibility index (Phi) is 5.73. The predicted molar refractivity (Wildman–Crippen MR) is 103 cm³/mol. The van der Waals surface area contributed by atoms with Crippen molar-refractivity contribution in [3.05, 3.63) is 76.6 Å². The standard InChI is InChI=1S/C21H21F2N3O2/c1-13-8-9-18(14(2)10-13)28-12-15-6-4-5-7-17(15)24-21(27)16-11-26(3)25-19(16)20(22)23/h4-11,20H,12H2,1-3H3,(H,24,27). The lowest BCUT2D eigenvalue weighted by atomic mass is 10.1. The molecule has 0 unspecified atom stereocenters. The number of nitrogens with one attached hydrogen (secondary N) is 1. The van der Waals surface area contributed by atoms with Crippen molar-refractivity contribution in [1.82, 2.24) is 9.78 Å². The fraction of sp³-hybridized carbons (Fsp3) is 0.238. The number of halogens is 2. The van der Waals surface area contributed by atoms with Crippen LogP contribution in [0.1, 0.15) is 39.2 Å². The largest absolute Gasteiger partial charge is 0.489 e. The third kappa shape index (κ3) is 4.36. The summed E-state index contributed by atoms with van der Waals surface area (Å²) in [7, 11) is 1.49. The summed E-state index contributed by atoms with van der Waals surface area (Å²) >= 11 is 0. The van der Waals surface area contributed by atoms with Gasteiger partial charge in [0.05, 0.1) is 5.56 Å². The third-order valence-corrected chi connectivity index (χ3v) is 4.29. The molecule has 0 radical (unpaired) electrons. The number of benzene rings is 2. The van der Waals surface area contributed by atoms with E-state index in [1.54, 1.807) is 12.1 Å². The van der Waals surface area contributed by atoms with Crippen LogP contribution in [0.15, 0.2) is 48.7 Å². The number of carbonyl (C=O) groups excluding carboxylic acids is 1. The molecule has 146 valence electrons. The summed E-state index contributed by atoms with van der Waals surface area (Å²) in [5.41, 5.74) is 2.70. The number of hydrogen-bond acceptors (Lipinski definition) is 3. The Morgan fingerprint density at radius 1 is 1.21 bits per heavy atom. The normalized spacial score (nSPS) is 10.9. The number of rotatable bonds is 6. The summed E-state index contributed by atoms with van der Waals surface area (Å²) in [6.07, 6.45) is -1.55. The number of hydrogen-bond donors (Lipinski definition) is 1. The van der Waals surface area contributed by atoms with Crippen molar-refractivity contribution in [3.8, 4) is 5.75 Å². The van der Waals surface area contributed by atoms with E-state index in [2.05, 4.69) is 10.4 Å². The number of alkyl halides is 2. The molecule has 1 amide bonds. The summed E-state index contributed by atoms with van der Waals surface area (Å²) in [5, 5.41) is 6.36. The maximum absolute atomic E-state index is 13.1. The molecule has 28 heavy (non-hydrogen) atoms. The zero-order valence-corrected chi connectivity index (χ0v) is 15.9. The Balaban J connectivity index is 1.78. The Labute approximate surface area is 161 Å². The van der Waals surface area contributed by atoms with Gasteiger partial charge >= 0.3 is 0 Å². The van der Waals surface area contributed by atoms with E-state index in [1.165, 1.54) is 17.9 Å². The molecule has 0 atom stereocenters. The van der Waals surface area contributed by atoms with Crippen molar-refractivity contribution in [2.24, 2.45) is 7.05 Å². The summed E-state index contributed by atoms with van der Waals surface area (Å²) in [4.78, 5) is 12.5. The molecule has 0 bridgehead atoms. The van der Waals surface area contributed by atoms with Crippen molar-refractivity contribution >= 4 is 11.6 Å². The van der Waals surface area contributed by atoms with Gasteiger partial charge < -0.3 is 10.1 Å². The number of nitrogens with zero attached hydrogens (tertiary/aromatic N) is 2. The molecular formula is C21H21F2N3O2. The summed E-state index contributed by atoms with van der Waals surface area (Å²) < 4.78 is 33.3. The molecule has 0 aliphatic heterocycles. The van der Waals surface area contributed by atoms with Crippen LogP contribution in [0.2, 0.25) is 0 Å². The first-order valence-corrected chi connectivity index (χ1v) is 8.76. The average molecular weight is 385 g/mol. The Bertz CT molecular complexity index is 999. The lowest BCUT2D eigenvalue weighted by molar-refractivity contribution is 0.101. The highest BCUT2D eigenvalue weighted by molar-refractivity contribution is 6.05. The van der Waals surface area contributed by atoms with Gasteiger partial charge in [-0.2, -0.15) is 5.10 Å². The second-order valence-electron chi connectivity index (χ2n) is 6.57. The molecule has 1 aromatic heterocycles. The first kappa shape index (κ1) is 19.5. The summed E-state index contributed by atoms with van der Waals surface area (Å²) in [6.45, 7) is 4.20. The van der Waals surface area contributed by atoms with E-state index in [0.717, 1.165) is 22.4 Å². The van der Waals surface area contributed by atoms with E-state index >= 15 is 0 Å². The van der Waals surface area contributed by atoms with E-state index < -0.39 is 18.0 Å². The van der Waals surface area contributed by atoms with Gasteiger partial charge in [0.25, 0.3) is 12.3 Å². The van der Waals surface area contributed by atoms with Crippen molar-refractivity contribution < 1.29 is 18.3 Å². The summed E-state index contributed by atoms with van der Waals surface area (Å²) in [6, 6.07) is 13.0. The SMILES string of the molecule is Cc1ccc(OCc2ccccc2NC(=O)c2cn(C)nc2C(F)F)c(C)c1. The molecule has 0 fully saturated rings. The molecule has 3 aromatic rings. The molecule has 0 spiro atoms. The van der Waals surface area contributed by atoms with E-state index in [4.69, 9.17) is 4.74 Å². The van der Waals surface area contributed by atoms with E-state index in [-0.39, 0.29) is 12.2 Å². The second kappa shape index (κ2) is 8.21. The fourth-order valence-corrected chi connectivity index (χ4v) is 2.92. The maximum atomic E-state index is 13.1. The zero-order valence-electron chi connectivity index (χ0n) is 15.9. The second-order valence-corrected chi connectivity index (χ2v) is 6.57. The van der Waals surface area contributed by atoms with Gasteiger partial charge in [-0.15, -0.1) is 0 Å². The van der Waals surface area contributed by atoms with Gasteiger partial charge in [-0.05, 0) is 31.5 Å². The van der Waals surface area contributed by atoms with Crippen LogP contribution in [0.25, 0.3) is 0 Å². The molecule has 0 saturated carbocycles. The smallest absolute Gasteiger partial charge is 0.282 e. The van der Waals surface area contributed by atoms with Crippen molar-refractivity contribution in [1.29, 1.82) is 0 Å². The lowest BCUT2D eigenvalue weighted by Crippen LogP contribution is -2.15. The Morgan fingerprint density at radius 3 is 2.68 bits per heavy atom. The highest BCUT2D eigenvalue weighted by Gasteiger charge is 2.23. The van der Waals surface area contributed by atoms with Crippen LogP contribution >= 0.6 is 0 Å². The van der Waals surface area contributed by atoms with Crippen LogP contribution in [0.3, 0.4) is 0 Å². The van der Waals surface area contributed by atoms with Crippen LogP contribution in [0.4, 0.5) is 14.5 Å². The molecule has 1 N–H and O–H groups in total. The molecule has 0 aliphatic rings. The third-order valence-electron chi connectivity index (χ3n) is 4.29. The van der Waals surface area contributed by atoms with Crippen LogP contribution in [0, 0.1) is 13.8 Å². The molecule has 0 saturated heterocycles. The van der Waals surface area contributed by atoms with Gasteiger partial charge in [0.2, 0.25) is 0 Å². The number of amides is 1. The van der Waals surface area contributed by atoms with Gasteiger partial charge in [0, 0.05) is 24.5 Å². The number of ether oxygens (including phenoxy) is 1. The molecule has 1 heterocycles. The Hall–Kier alpha value is -3.22. The molecule has 0 aliphatic carbocycles. The van der Waals surface area contributed by atoms with Gasteiger partial charge in [0.1, 0.15) is 18.1 Å². The van der Waals surface area contributed by atoms with Crippen LogP contribution in [-0.2, 0) is 13.7 Å². The zero-order chi connectivity index (χ0) is 20.3. The lowest BCUT2D eigenvalue weighted by Gasteiger charge is -2.14. The van der Waals surface area contributed by atoms with Crippen LogP contribution in [-0.4, -0.2) is 15.7 Å². The predicted octanol–water partition coefficient (Wildman–Crippen LogP) is 4.81. The first-order chi connectivity index (χ1) is 13.3. The first-order valence-electron chi connectivity index (χ1n) is 8.76. The topological polar surface area (TPSA) is 56.1 Å². The monoisotopic (exact) mass is 385 g/mol. The summed E-state index contributed by atoms with van der Waals surface area (Å²) in [5.74, 6) is 0.112. The maximum Gasteiger partial charge on any atom is 0.282 e. The number of aryl methyl sites for hydroxylation is 3. The number of anilines is 1. The van der Waals surface area contributed by atoms with E-state index in [0.29, 0.717) is 5.69 Å². The van der Waals surface area contributed by atoms with E-state index in [1.807, 2.05) is 44.2 Å².